The largest absolute Gasteiger partial charge is 0.478 e. The highest BCUT2D eigenvalue weighted by Crippen LogP contribution is 2.21. The van der Waals surface area contributed by atoms with Gasteiger partial charge < -0.3 is 10.2 Å². The first-order valence-corrected chi connectivity index (χ1v) is 5.02. The molecular formula is C12H16O3. The third-order valence-electron chi connectivity index (χ3n) is 2.24. The van der Waals surface area contributed by atoms with Crippen LogP contribution in [0.1, 0.15) is 42.3 Å². The summed E-state index contributed by atoms with van der Waals surface area (Å²) in [6.45, 7) is 4.07. The van der Waals surface area contributed by atoms with Crippen LogP contribution in [0.15, 0.2) is 24.3 Å². The van der Waals surface area contributed by atoms with Crippen molar-refractivity contribution in [2.24, 2.45) is 5.92 Å². The molecule has 0 amide bonds. The van der Waals surface area contributed by atoms with Crippen LogP contribution in [0.4, 0.5) is 0 Å². The Morgan fingerprint density at radius 3 is 2.20 bits per heavy atom. The van der Waals surface area contributed by atoms with Gasteiger partial charge in [-0.25, -0.2) is 4.79 Å². The molecule has 0 heterocycles. The zero-order chi connectivity index (χ0) is 11.4. The molecule has 1 rings (SSSR count). The SMILES string of the molecule is CC(C)CC(O)c1ccc(C(=O)O)cc1. The second kappa shape index (κ2) is 4.94. The predicted molar refractivity (Wildman–Crippen MR) is 57.8 cm³/mol. The lowest BCUT2D eigenvalue weighted by Crippen LogP contribution is -2.03. The third kappa shape index (κ3) is 3.36. The molecule has 0 aliphatic rings. The number of carboxylic acid groups (broad SMARTS) is 1. The van der Waals surface area contributed by atoms with Crippen molar-refractivity contribution < 1.29 is 15.0 Å². The van der Waals surface area contributed by atoms with E-state index in [2.05, 4.69) is 0 Å². The second-order valence-electron chi connectivity index (χ2n) is 4.07. The van der Waals surface area contributed by atoms with Gasteiger partial charge in [-0.3, -0.25) is 0 Å². The van der Waals surface area contributed by atoms with Gasteiger partial charge in [0, 0.05) is 0 Å². The Labute approximate surface area is 89.4 Å². The van der Waals surface area contributed by atoms with Crippen LogP contribution in [0, 0.1) is 5.92 Å². The molecule has 1 aromatic carbocycles. The third-order valence-corrected chi connectivity index (χ3v) is 2.24. The summed E-state index contributed by atoms with van der Waals surface area (Å²) in [7, 11) is 0. The second-order valence-corrected chi connectivity index (χ2v) is 4.07. The lowest BCUT2D eigenvalue weighted by Gasteiger charge is -2.13. The van der Waals surface area contributed by atoms with Crippen LogP contribution >= 0.6 is 0 Å². The van der Waals surface area contributed by atoms with Crippen molar-refractivity contribution in [2.45, 2.75) is 26.4 Å². The summed E-state index contributed by atoms with van der Waals surface area (Å²) in [5.74, 6) is -0.529. The Morgan fingerprint density at radius 2 is 1.80 bits per heavy atom. The lowest BCUT2D eigenvalue weighted by atomic mass is 9.99. The molecule has 3 heteroatoms. The van der Waals surface area contributed by atoms with Crippen LogP contribution < -0.4 is 0 Å². The van der Waals surface area contributed by atoms with Gasteiger partial charge in [0.05, 0.1) is 11.7 Å². The Hall–Kier alpha value is -1.35. The summed E-state index contributed by atoms with van der Waals surface area (Å²) in [5, 5.41) is 18.5. The standard InChI is InChI=1S/C12H16O3/c1-8(2)7-11(13)9-3-5-10(6-4-9)12(14)15/h3-6,8,11,13H,7H2,1-2H3,(H,14,15). The summed E-state index contributed by atoms with van der Waals surface area (Å²) in [5.41, 5.74) is 1.02. The van der Waals surface area contributed by atoms with Crippen LogP contribution in [0.2, 0.25) is 0 Å². The van der Waals surface area contributed by atoms with Crippen molar-refractivity contribution in [3.63, 3.8) is 0 Å². The van der Waals surface area contributed by atoms with Crippen molar-refractivity contribution in [1.82, 2.24) is 0 Å². The number of aliphatic hydroxyl groups excluding tert-OH is 1. The van der Waals surface area contributed by atoms with Crippen LogP contribution in [-0.4, -0.2) is 16.2 Å². The lowest BCUT2D eigenvalue weighted by molar-refractivity contribution is 0.0696. The minimum absolute atomic E-state index is 0.246. The molecule has 0 radical (unpaired) electrons. The minimum atomic E-state index is -0.945. The molecular weight excluding hydrogens is 192 g/mol. The van der Waals surface area contributed by atoms with Crippen LogP contribution in [0.5, 0.6) is 0 Å². The van der Waals surface area contributed by atoms with E-state index in [0.29, 0.717) is 12.3 Å². The molecule has 0 spiro atoms. The van der Waals surface area contributed by atoms with Crippen molar-refractivity contribution in [3.8, 4) is 0 Å². The Morgan fingerprint density at radius 1 is 1.27 bits per heavy atom. The quantitative estimate of drug-likeness (QED) is 0.799. The average Bonchev–Trinajstić information content (AvgIpc) is 2.17. The summed E-state index contributed by atoms with van der Waals surface area (Å²) in [6.07, 6.45) is 0.180. The number of benzene rings is 1. The van der Waals surface area contributed by atoms with Crippen molar-refractivity contribution in [2.75, 3.05) is 0 Å². The topological polar surface area (TPSA) is 57.5 Å². The average molecular weight is 208 g/mol. The molecule has 0 saturated heterocycles. The van der Waals surface area contributed by atoms with Gasteiger partial charge in [-0.1, -0.05) is 26.0 Å². The highest BCUT2D eigenvalue weighted by atomic mass is 16.4. The van der Waals surface area contributed by atoms with Gasteiger partial charge in [0.15, 0.2) is 0 Å². The highest BCUT2D eigenvalue weighted by molar-refractivity contribution is 5.87. The first-order chi connectivity index (χ1) is 7.00. The van der Waals surface area contributed by atoms with E-state index in [0.717, 1.165) is 5.56 Å². The van der Waals surface area contributed by atoms with Gasteiger partial charge >= 0.3 is 5.97 Å². The number of carboxylic acids is 1. The monoisotopic (exact) mass is 208 g/mol. The number of aromatic carboxylic acids is 1. The van der Waals surface area contributed by atoms with E-state index in [1.807, 2.05) is 13.8 Å². The molecule has 0 aliphatic carbocycles. The molecule has 0 fully saturated rings. The summed E-state index contributed by atoms with van der Waals surface area (Å²) in [4.78, 5) is 10.6. The fourth-order valence-corrected chi connectivity index (χ4v) is 1.43. The fraction of sp³-hybridized carbons (Fsp3) is 0.417. The van der Waals surface area contributed by atoms with Crippen molar-refractivity contribution >= 4 is 5.97 Å². The van der Waals surface area contributed by atoms with Gasteiger partial charge in [-0.2, -0.15) is 0 Å². The number of rotatable bonds is 4. The molecule has 1 aromatic rings. The number of hydrogen-bond acceptors (Lipinski definition) is 2. The predicted octanol–water partition coefficient (Wildman–Crippen LogP) is 2.46. The van der Waals surface area contributed by atoms with Gasteiger partial charge in [-0.15, -0.1) is 0 Å². The molecule has 0 aliphatic heterocycles. The molecule has 0 aromatic heterocycles. The molecule has 2 N–H and O–H groups in total. The smallest absolute Gasteiger partial charge is 0.335 e. The molecule has 1 unspecified atom stereocenters. The number of aliphatic hydroxyl groups is 1. The summed E-state index contributed by atoms with van der Waals surface area (Å²) < 4.78 is 0. The number of hydrogen-bond donors (Lipinski definition) is 2. The zero-order valence-corrected chi connectivity index (χ0v) is 8.97. The first-order valence-electron chi connectivity index (χ1n) is 5.02. The zero-order valence-electron chi connectivity index (χ0n) is 8.97. The highest BCUT2D eigenvalue weighted by Gasteiger charge is 2.10. The van der Waals surface area contributed by atoms with Crippen molar-refractivity contribution in [3.05, 3.63) is 35.4 Å². The maximum absolute atomic E-state index is 10.6. The van der Waals surface area contributed by atoms with Crippen LogP contribution in [0.25, 0.3) is 0 Å². The molecule has 0 bridgehead atoms. The minimum Gasteiger partial charge on any atom is -0.478 e. The van der Waals surface area contributed by atoms with E-state index in [1.165, 1.54) is 12.1 Å². The van der Waals surface area contributed by atoms with Gasteiger partial charge in [-0.05, 0) is 30.0 Å². The van der Waals surface area contributed by atoms with E-state index in [9.17, 15) is 9.90 Å². The normalized spacial score (nSPS) is 12.8. The van der Waals surface area contributed by atoms with Gasteiger partial charge in [0.2, 0.25) is 0 Å². The summed E-state index contributed by atoms with van der Waals surface area (Å²) in [6, 6.07) is 6.36. The Bertz CT molecular complexity index is 327. The Kier molecular flexibility index (Phi) is 3.86. The summed E-state index contributed by atoms with van der Waals surface area (Å²) >= 11 is 0. The van der Waals surface area contributed by atoms with E-state index >= 15 is 0 Å². The molecule has 3 nitrogen and oxygen atoms in total. The van der Waals surface area contributed by atoms with Gasteiger partial charge in [0.1, 0.15) is 0 Å². The Balaban J connectivity index is 2.75. The maximum atomic E-state index is 10.6. The van der Waals surface area contributed by atoms with Gasteiger partial charge in [0.25, 0.3) is 0 Å². The molecule has 0 saturated carbocycles. The molecule has 82 valence electrons. The fourth-order valence-electron chi connectivity index (χ4n) is 1.43. The molecule has 15 heavy (non-hydrogen) atoms. The first kappa shape index (κ1) is 11.7. The number of carbonyl (C=O) groups is 1. The van der Waals surface area contributed by atoms with Crippen molar-refractivity contribution in [1.29, 1.82) is 0 Å². The molecule has 1 atom stereocenters. The van der Waals surface area contributed by atoms with E-state index in [-0.39, 0.29) is 5.56 Å². The van der Waals surface area contributed by atoms with Crippen LogP contribution in [0.3, 0.4) is 0 Å². The van der Waals surface area contributed by atoms with E-state index < -0.39 is 12.1 Å². The van der Waals surface area contributed by atoms with E-state index in [4.69, 9.17) is 5.11 Å². The maximum Gasteiger partial charge on any atom is 0.335 e. The van der Waals surface area contributed by atoms with E-state index in [1.54, 1.807) is 12.1 Å². The van der Waals surface area contributed by atoms with Crippen LogP contribution in [-0.2, 0) is 0 Å².